The zero-order chi connectivity index (χ0) is 15.6. The zero-order valence-electron chi connectivity index (χ0n) is 12.4. The Kier molecular flexibility index (Phi) is 4.23. The third-order valence-electron chi connectivity index (χ3n) is 3.66. The van der Waals surface area contributed by atoms with Crippen LogP contribution in [-0.4, -0.2) is 47.4 Å². The molecule has 0 aliphatic carbocycles. The highest BCUT2D eigenvalue weighted by atomic mass is 32.2. The molecule has 2 aromatic heterocycles. The Morgan fingerprint density at radius 3 is 2.95 bits per heavy atom. The van der Waals surface area contributed by atoms with E-state index in [1.165, 1.54) is 6.26 Å². The molecule has 1 aliphatic heterocycles. The van der Waals surface area contributed by atoms with Crippen molar-refractivity contribution < 1.29 is 8.42 Å². The number of rotatable bonds is 5. The molecule has 0 saturated carbocycles. The van der Waals surface area contributed by atoms with E-state index in [1.54, 1.807) is 12.4 Å². The molecule has 22 heavy (non-hydrogen) atoms. The number of aromatic nitrogens is 3. The maximum absolute atomic E-state index is 11.3. The maximum Gasteiger partial charge on any atom is 0.208 e. The summed E-state index contributed by atoms with van der Waals surface area (Å²) in [6, 6.07) is 5.93. The van der Waals surface area contributed by atoms with Gasteiger partial charge in [0.2, 0.25) is 10.0 Å². The lowest BCUT2D eigenvalue weighted by molar-refractivity contribution is 0.168. The van der Waals surface area contributed by atoms with E-state index in [2.05, 4.69) is 19.7 Å². The minimum Gasteiger partial charge on any atom is -0.291 e. The van der Waals surface area contributed by atoms with E-state index >= 15 is 0 Å². The smallest absolute Gasteiger partial charge is 0.208 e. The van der Waals surface area contributed by atoms with Gasteiger partial charge in [-0.15, -0.1) is 0 Å². The van der Waals surface area contributed by atoms with E-state index in [0.717, 1.165) is 30.9 Å². The molecular weight excluding hydrogens is 302 g/mol. The van der Waals surface area contributed by atoms with Crippen LogP contribution >= 0.6 is 0 Å². The van der Waals surface area contributed by atoms with Gasteiger partial charge in [0, 0.05) is 44.8 Å². The summed E-state index contributed by atoms with van der Waals surface area (Å²) in [5.74, 6) is 0. The van der Waals surface area contributed by atoms with Crippen molar-refractivity contribution in [2.24, 2.45) is 0 Å². The van der Waals surface area contributed by atoms with Gasteiger partial charge in [-0.25, -0.2) is 13.1 Å². The van der Waals surface area contributed by atoms with E-state index in [4.69, 9.17) is 0 Å². The van der Waals surface area contributed by atoms with Gasteiger partial charge in [-0.2, -0.15) is 5.10 Å². The Bertz CT molecular complexity index is 729. The summed E-state index contributed by atoms with van der Waals surface area (Å²) in [5.41, 5.74) is 2.24. The second kappa shape index (κ2) is 6.15. The molecule has 3 heterocycles. The molecule has 8 heteroatoms. The van der Waals surface area contributed by atoms with E-state index < -0.39 is 10.0 Å². The van der Waals surface area contributed by atoms with Crippen molar-refractivity contribution in [1.29, 1.82) is 0 Å². The minimum absolute atomic E-state index is 0.00912. The van der Waals surface area contributed by atoms with Crippen LogP contribution in [0.2, 0.25) is 0 Å². The van der Waals surface area contributed by atoms with Crippen molar-refractivity contribution >= 4 is 10.0 Å². The first-order valence-corrected chi connectivity index (χ1v) is 8.99. The standard InChI is InChI=1S/C14H19N5O2S/c1-22(20,21)17-8-14-11-18(9-12-3-2-5-15-7-12)10-13-4-6-16-19(13)14/h2-7,14,17H,8-11H2,1H3. The first-order chi connectivity index (χ1) is 10.5. The van der Waals surface area contributed by atoms with Crippen molar-refractivity contribution in [3.8, 4) is 0 Å². The number of nitrogens with one attached hydrogen (secondary N) is 1. The molecule has 7 nitrogen and oxygen atoms in total. The summed E-state index contributed by atoms with van der Waals surface area (Å²) >= 11 is 0. The molecule has 0 fully saturated rings. The van der Waals surface area contributed by atoms with E-state index in [-0.39, 0.29) is 6.04 Å². The molecule has 1 N–H and O–H groups in total. The van der Waals surface area contributed by atoms with Gasteiger partial charge in [0.1, 0.15) is 0 Å². The first-order valence-electron chi connectivity index (χ1n) is 7.09. The molecule has 1 unspecified atom stereocenters. The van der Waals surface area contributed by atoms with Crippen LogP contribution in [0.25, 0.3) is 0 Å². The third kappa shape index (κ3) is 3.70. The Hall–Kier alpha value is -1.77. The van der Waals surface area contributed by atoms with Crippen LogP contribution in [-0.2, 0) is 23.1 Å². The van der Waals surface area contributed by atoms with E-state index in [0.29, 0.717) is 6.54 Å². The molecule has 0 amide bonds. The van der Waals surface area contributed by atoms with Crippen molar-refractivity contribution in [1.82, 2.24) is 24.4 Å². The van der Waals surface area contributed by atoms with Crippen LogP contribution in [0.1, 0.15) is 17.3 Å². The lowest BCUT2D eigenvalue weighted by atomic mass is 10.1. The van der Waals surface area contributed by atoms with E-state index in [1.807, 2.05) is 29.1 Å². The molecule has 3 rings (SSSR count). The van der Waals surface area contributed by atoms with Crippen LogP contribution in [0.15, 0.2) is 36.8 Å². The highest BCUT2D eigenvalue weighted by molar-refractivity contribution is 7.88. The SMILES string of the molecule is CS(=O)(=O)NCC1CN(Cc2cccnc2)Cc2ccnn21. The normalized spacial score (nSPS) is 19.0. The molecule has 0 aromatic carbocycles. The Balaban J connectivity index is 1.74. The average Bonchev–Trinajstić information content (AvgIpc) is 2.93. The number of fused-ring (bicyclic) bond motifs is 1. The van der Waals surface area contributed by atoms with Gasteiger partial charge >= 0.3 is 0 Å². The highest BCUT2D eigenvalue weighted by Crippen LogP contribution is 2.21. The lowest BCUT2D eigenvalue weighted by Gasteiger charge is -2.33. The average molecular weight is 321 g/mol. The van der Waals surface area contributed by atoms with Gasteiger partial charge in [0.25, 0.3) is 0 Å². The second-order valence-electron chi connectivity index (χ2n) is 5.57. The van der Waals surface area contributed by atoms with Crippen LogP contribution in [0.5, 0.6) is 0 Å². The number of nitrogens with zero attached hydrogens (tertiary/aromatic N) is 4. The van der Waals surface area contributed by atoms with Gasteiger partial charge in [-0.05, 0) is 17.7 Å². The molecule has 2 aromatic rings. The highest BCUT2D eigenvalue weighted by Gasteiger charge is 2.26. The Morgan fingerprint density at radius 1 is 1.36 bits per heavy atom. The summed E-state index contributed by atoms with van der Waals surface area (Å²) in [7, 11) is -3.21. The second-order valence-corrected chi connectivity index (χ2v) is 7.41. The third-order valence-corrected chi connectivity index (χ3v) is 4.35. The summed E-state index contributed by atoms with van der Waals surface area (Å²) in [5, 5.41) is 4.32. The number of sulfonamides is 1. The summed E-state index contributed by atoms with van der Waals surface area (Å²) in [6.45, 7) is 2.67. The van der Waals surface area contributed by atoms with Crippen molar-refractivity contribution in [3.05, 3.63) is 48.0 Å². The molecule has 1 atom stereocenters. The predicted molar refractivity (Wildman–Crippen MR) is 82.5 cm³/mol. The van der Waals surface area contributed by atoms with Gasteiger partial charge in [0.05, 0.1) is 18.0 Å². The van der Waals surface area contributed by atoms with Crippen LogP contribution in [0.4, 0.5) is 0 Å². The molecule has 0 spiro atoms. The largest absolute Gasteiger partial charge is 0.291 e. The maximum atomic E-state index is 11.3. The summed E-state index contributed by atoms with van der Waals surface area (Å²) in [4.78, 5) is 6.42. The Morgan fingerprint density at radius 2 is 2.23 bits per heavy atom. The monoisotopic (exact) mass is 321 g/mol. The molecular formula is C14H19N5O2S. The quantitative estimate of drug-likeness (QED) is 0.861. The van der Waals surface area contributed by atoms with Crippen LogP contribution in [0.3, 0.4) is 0 Å². The summed E-state index contributed by atoms with van der Waals surface area (Å²) in [6.07, 6.45) is 6.55. The number of hydrogen-bond acceptors (Lipinski definition) is 5. The fraction of sp³-hybridized carbons (Fsp3) is 0.429. The van der Waals surface area contributed by atoms with Crippen molar-refractivity contribution in [2.45, 2.75) is 19.1 Å². The minimum atomic E-state index is -3.21. The van der Waals surface area contributed by atoms with Crippen molar-refractivity contribution in [3.63, 3.8) is 0 Å². The molecule has 1 aliphatic rings. The predicted octanol–water partition coefficient (Wildman–Crippen LogP) is 0.384. The van der Waals surface area contributed by atoms with Crippen LogP contribution in [0, 0.1) is 0 Å². The van der Waals surface area contributed by atoms with Gasteiger partial charge in [-0.1, -0.05) is 6.07 Å². The van der Waals surface area contributed by atoms with Gasteiger partial charge in [-0.3, -0.25) is 14.6 Å². The number of hydrogen-bond donors (Lipinski definition) is 1. The van der Waals surface area contributed by atoms with Crippen molar-refractivity contribution in [2.75, 3.05) is 19.3 Å². The first kappa shape index (κ1) is 15.1. The topological polar surface area (TPSA) is 80.1 Å². The van der Waals surface area contributed by atoms with E-state index in [9.17, 15) is 8.42 Å². The van der Waals surface area contributed by atoms with Crippen LogP contribution < -0.4 is 4.72 Å². The number of pyridine rings is 1. The fourth-order valence-electron chi connectivity index (χ4n) is 2.73. The molecule has 0 saturated heterocycles. The lowest BCUT2D eigenvalue weighted by Crippen LogP contribution is -2.42. The Labute approximate surface area is 130 Å². The summed E-state index contributed by atoms with van der Waals surface area (Å²) < 4.78 is 27.2. The molecule has 0 bridgehead atoms. The molecule has 0 radical (unpaired) electrons. The zero-order valence-corrected chi connectivity index (χ0v) is 13.2. The van der Waals surface area contributed by atoms with Gasteiger partial charge in [0.15, 0.2) is 0 Å². The van der Waals surface area contributed by atoms with Gasteiger partial charge < -0.3 is 0 Å². The fourth-order valence-corrected chi connectivity index (χ4v) is 3.23. The molecule has 118 valence electrons.